The fourth-order valence-electron chi connectivity index (χ4n) is 11.0. The molecule has 4 aromatic carbocycles. The fourth-order valence-corrected chi connectivity index (χ4v) is 44.8. The summed E-state index contributed by atoms with van der Waals surface area (Å²) in [6.45, 7) is 24.5. The first kappa shape index (κ1) is 32.0. The van der Waals surface area contributed by atoms with Crippen LogP contribution in [0.2, 0.25) is 19.4 Å². The number of aryl methyl sites for hydroxylation is 4. The molecule has 0 nitrogen and oxygen atoms in total. The summed E-state index contributed by atoms with van der Waals surface area (Å²) in [6.07, 6.45) is 5.56. The molecule has 1 fully saturated rings. The average Bonchev–Trinajstić information content (AvgIpc) is 3.51. The van der Waals surface area contributed by atoms with Crippen LogP contribution in [0.15, 0.2) is 83.2 Å². The molecule has 1 aliphatic heterocycles. The van der Waals surface area contributed by atoms with Gasteiger partial charge in [-0.15, -0.1) is 0 Å². The van der Waals surface area contributed by atoms with E-state index in [1.807, 2.05) is 10.4 Å². The Hall–Kier alpha value is -2.55. The minimum absolute atomic E-state index is 0.161. The van der Waals surface area contributed by atoms with Crippen LogP contribution in [0, 0.1) is 27.7 Å². The van der Waals surface area contributed by atoms with E-state index >= 15 is 0 Å². The van der Waals surface area contributed by atoms with Gasteiger partial charge in [-0.25, -0.2) is 0 Å². The van der Waals surface area contributed by atoms with Crippen LogP contribution >= 0.6 is 0 Å². The zero-order valence-electron chi connectivity index (χ0n) is 30.2. The zero-order valence-corrected chi connectivity index (χ0v) is 34.8. The van der Waals surface area contributed by atoms with E-state index < -0.39 is 28.0 Å². The summed E-state index contributed by atoms with van der Waals surface area (Å²) < 4.78 is 6.84. The first-order valence-electron chi connectivity index (χ1n) is 17.3. The molecule has 0 spiro atoms. The van der Waals surface area contributed by atoms with Crippen LogP contribution in [-0.2, 0) is 20.0 Å². The van der Waals surface area contributed by atoms with E-state index in [-0.39, 0.29) is 10.1 Å². The van der Waals surface area contributed by atoms with E-state index in [0.29, 0.717) is 7.35 Å². The van der Waals surface area contributed by atoms with Gasteiger partial charge in [0.25, 0.3) is 0 Å². The predicted molar refractivity (Wildman–Crippen MR) is 201 cm³/mol. The van der Waals surface area contributed by atoms with Crippen LogP contribution < -0.4 is 0 Å². The maximum absolute atomic E-state index is 3.20. The predicted octanol–water partition coefficient (Wildman–Crippen LogP) is 13.2. The fraction of sp³-hybridized carbons (Fsp3) is 0.364. The molecule has 2 unspecified atom stereocenters. The van der Waals surface area contributed by atoms with Crippen LogP contribution in [0.1, 0.15) is 93.4 Å². The van der Waals surface area contributed by atoms with E-state index in [0.717, 1.165) is 0 Å². The van der Waals surface area contributed by atoms with Gasteiger partial charge in [0.1, 0.15) is 0 Å². The molecule has 1 saturated heterocycles. The van der Waals surface area contributed by atoms with Crippen LogP contribution in [0.25, 0.3) is 34.4 Å². The Morgan fingerprint density at radius 3 is 1.20 bits per heavy atom. The second-order valence-electron chi connectivity index (χ2n) is 17.5. The molecule has 0 amide bonds. The second kappa shape index (κ2) is 10.5. The molecule has 0 N–H and O–H groups in total. The van der Waals surface area contributed by atoms with Crippen molar-refractivity contribution in [2.24, 2.45) is 0 Å². The quantitative estimate of drug-likeness (QED) is 0.178. The third-order valence-corrected chi connectivity index (χ3v) is 36.1. The molecule has 0 aromatic heterocycles. The first-order valence-corrected chi connectivity index (χ1v) is 30.7. The van der Waals surface area contributed by atoms with Gasteiger partial charge in [-0.1, -0.05) is 0 Å². The number of benzene rings is 4. The summed E-state index contributed by atoms with van der Waals surface area (Å²) in [5, 5.41) is 4.03. The number of hydrogen-bond acceptors (Lipinski definition) is 0. The van der Waals surface area contributed by atoms with Gasteiger partial charge < -0.3 is 0 Å². The van der Waals surface area contributed by atoms with E-state index in [1.54, 1.807) is 11.1 Å². The monoisotopic (exact) mass is 788 g/mol. The molecule has 0 saturated carbocycles. The Labute approximate surface area is 284 Å². The Bertz CT molecular complexity index is 1800. The van der Waals surface area contributed by atoms with Gasteiger partial charge in [0.05, 0.1) is 0 Å². The maximum atomic E-state index is 2.81. The summed E-state index contributed by atoms with van der Waals surface area (Å²) in [5.74, 6) is 0. The van der Waals surface area contributed by atoms with E-state index in [9.17, 15) is 0 Å². The van der Waals surface area contributed by atoms with Gasteiger partial charge in [-0.3, -0.25) is 0 Å². The molecule has 2 atom stereocenters. The SMILES string of the molecule is Cc1cc(C)cc(-c2cccc3c2C=C2[CH]3[Hf]([CH3])([CH3])[CH]3C(=Cc4c(-c5cc(C)cc(C)c5)cccc43)[Si]2(C(C)(C)C)C(C)(C)C)c1. The van der Waals surface area contributed by atoms with Gasteiger partial charge in [-0.2, -0.15) is 0 Å². The average molecular weight is 787 g/mol. The van der Waals surface area contributed by atoms with E-state index in [4.69, 9.17) is 0 Å². The third-order valence-electron chi connectivity index (χ3n) is 11.8. The Balaban J connectivity index is 1.56. The summed E-state index contributed by atoms with van der Waals surface area (Å²) in [5.41, 5.74) is 17.3. The number of fused-ring (bicyclic) bond motifs is 6. The van der Waals surface area contributed by atoms with Crippen molar-refractivity contribution in [3.05, 3.63) is 128 Å². The third kappa shape index (κ3) is 4.45. The molecule has 1 heterocycles. The Morgan fingerprint density at radius 2 is 0.870 bits per heavy atom. The molecule has 2 heteroatoms. The van der Waals surface area contributed by atoms with Crippen LogP contribution in [-0.4, -0.2) is 8.07 Å². The molecule has 236 valence electrons. The number of allylic oxidation sites excluding steroid dienone is 2. The zero-order chi connectivity index (χ0) is 33.1. The molecule has 0 radical (unpaired) electrons. The van der Waals surface area contributed by atoms with Crippen molar-refractivity contribution in [2.75, 3.05) is 0 Å². The standard InChI is InChI=1S/C42H46Si.2CH3.Hf/c1-27-17-28(2)20-33(19-27)37-15-11-13-31-23-35(25-39(31)37)43(41(5,6)7,42(8,9)10)36-24-32-14-12-16-38(40(32)26-36)34-21-29(3)18-30(4)22-34;;;/h11-26H,1-10H3;2*1H3;. The molecular formula is C44H52HfSi. The molecule has 7 rings (SSSR count). The normalized spacial score (nSPS) is 20.8. The summed E-state index contributed by atoms with van der Waals surface area (Å²) in [4.78, 5) is 0. The van der Waals surface area contributed by atoms with E-state index in [2.05, 4.69) is 164 Å². The second-order valence-corrected chi connectivity index (χ2v) is 40.4. The van der Waals surface area contributed by atoms with Crippen molar-refractivity contribution in [2.45, 2.75) is 96.0 Å². The molecule has 3 aliphatic rings. The van der Waals surface area contributed by atoms with Crippen molar-refractivity contribution < 1.29 is 20.0 Å². The van der Waals surface area contributed by atoms with Crippen LogP contribution in [0.3, 0.4) is 0 Å². The van der Waals surface area contributed by atoms with Gasteiger partial charge >= 0.3 is 286 Å². The summed E-state index contributed by atoms with van der Waals surface area (Å²) in [6, 6.07) is 28.8. The topological polar surface area (TPSA) is 0 Å². The van der Waals surface area contributed by atoms with Crippen LogP contribution in [0.4, 0.5) is 0 Å². The van der Waals surface area contributed by atoms with Crippen molar-refractivity contribution in [1.82, 2.24) is 0 Å². The summed E-state index contributed by atoms with van der Waals surface area (Å²) in [7, 11) is -2.34. The molecule has 46 heavy (non-hydrogen) atoms. The van der Waals surface area contributed by atoms with Gasteiger partial charge in [0, 0.05) is 0 Å². The number of hydrogen-bond donors (Lipinski definition) is 0. The molecule has 2 aliphatic carbocycles. The minimum atomic E-state index is -3.20. The van der Waals surface area contributed by atoms with Gasteiger partial charge in [0.15, 0.2) is 0 Å². The van der Waals surface area contributed by atoms with E-state index in [1.165, 1.54) is 55.6 Å². The van der Waals surface area contributed by atoms with Gasteiger partial charge in [-0.05, 0) is 0 Å². The summed E-state index contributed by atoms with van der Waals surface area (Å²) >= 11 is -3.20. The van der Waals surface area contributed by atoms with Crippen molar-refractivity contribution >= 4 is 20.2 Å². The molecule has 0 bridgehead atoms. The Morgan fingerprint density at radius 1 is 0.522 bits per heavy atom. The first-order chi connectivity index (χ1) is 21.5. The molecular weight excluding hydrogens is 735 g/mol. The van der Waals surface area contributed by atoms with Crippen LogP contribution in [0.5, 0.6) is 0 Å². The van der Waals surface area contributed by atoms with Crippen molar-refractivity contribution in [1.29, 1.82) is 0 Å². The Kier molecular flexibility index (Phi) is 7.29. The van der Waals surface area contributed by atoms with Gasteiger partial charge in [0.2, 0.25) is 0 Å². The molecule has 4 aromatic rings. The van der Waals surface area contributed by atoms with Crippen molar-refractivity contribution in [3.8, 4) is 22.3 Å². The van der Waals surface area contributed by atoms with Crippen molar-refractivity contribution in [3.63, 3.8) is 0 Å². The number of rotatable bonds is 2.